The Balaban J connectivity index is 2.52. The molecule has 0 saturated carbocycles. The van der Waals surface area contributed by atoms with Gasteiger partial charge in [0.2, 0.25) is 11.8 Å². The third kappa shape index (κ3) is 2.79. The number of nitrogens with two attached hydrogens (primary N) is 1. The molecule has 3 N–H and O–H groups in total. The Morgan fingerprint density at radius 3 is 2.75 bits per heavy atom. The minimum absolute atomic E-state index is 0.0895. The van der Waals surface area contributed by atoms with Gasteiger partial charge in [0.05, 0.1) is 12.0 Å². The topological polar surface area (TPSA) is 94.0 Å². The fourth-order valence-electron chi connectivity index (χ4n) is 1.18. The van der Waals surface area contributed by atoms with Gasteiger partial charge >= 0.3 is 0 Å². The predicted molar refractivity (Wildman–Crippen MR) is 58.3 cm³/mol. The number of carbonyl (C=O) groups excluding carboxylic acids is 1. The van der Waals surface area contributed by atoms with Crippen molar-refractivity contribution in [3.63, 3.8) is 0 Å². The molecule has 0 radical (unpaired) electrons. The molecule has 0 saturated heterocycles. The minimum Gasteiger partial charge on any atom is -0.347 e. The molecule has 0 spiro atoms. The van der Waals surface area contributed by atoms with Gasteiger partial charge in [0, 0.05) is 6.54 Å². The molecule has 0 aliphatic heterocycles. The third-order valence-corrected chi connectivity index (χ3v) is 2.75. The minimum atomic E-state index is -0.533. The number of hydrogen-bond donors (Lipinski definition) is 2. The number of nitrogens with one attached hydrogen (secondary N) is 1. The first-order valence-corrected chi connectivity index (χ1v) is 5.29. The predicted octanol–water partition coefficient (Wildman–Crippen LogP) is 0.369. The van der Waals surface area contributed by atoms with Crippen molar-refractivity contribution in [2.75, 3.05) is 6.54 Å². The first kappa shape index (κ1) is 12.6. The van der Waals surface area contributed by atoms with E-state index in [9.17, 15) is 4.79 Å². The van der Waals surface area contributed by atoms with Crippen molar-refractivity contribution >= 4 is 5.91 Å². The zero-order valence-corrected chi connectivity index (χ0v) is 9.91. The Kier molecular flexibility index (Phi) is 4.00. The maximum absolute atomic E-state index is 11.8. The van der Waals surface area contributed by atoms with Crippen LogP contribution in [0.3, 0.4) is 0 Å². The lowest BCUT2D eigenvalue weighted by atomic mass is 9.87. The Bertz CT molecular complexity index is 357. The number of rotatable bonds is 5. The molecule has 6 nitrogen and oxygen atoms in total. The lowest BCUT2D eigenvalue weighted by Crippen LogP contribution is -2.43. The lowest BCUT2D eigenvalue weighted by molar-refractivity contribution is -0.130. The molecule has 1 aromatic rings. The second-order valence-corrected chi connectivity index (χ2v) is 4.04. The van der Waals surface area contributed by atoms with Gasteiger partial charge in [-0.15, -0.1) is 0 Å². The van der Waals surface area contributed by atoms with Gasteiger partial charge in [0.15, 0.2) is 5.82 Å². The van der Waals surface area contributed by atoms with E-state index in [4.69, 9.17) is 10.3 Å². The van der Waals surface area contributed by atoms with E-state index in [1.165, 1.54) is 0 Å². The molecule has 1 heterocycles. The fraction of sp³-hybridized carbons (Fsp3) is 0.700. The average Bonchev–Trinajstić information content (AvgIpc) is 2.70. The summed E-state index contributed by atoms with van der Waals surface area (Å²) >= 11 is 0. The second kappa shape index (κ2) is 5.07. The van der Waals surface area contributed by atoms with E-state index in [0.717, 1.165) is 0 Å². The molecule has 90 valence electrons. The summed E-state index contributed by atoms with van der Waals surface area (Å²) in [5.74, 6) is 0.871. The van der Waals surface area contributed by atoms with Crippen molar-refractivity contribution < 1.29 is 9.32 Å². The van der Waals surface area contributed by atoms with Crippen LogP contribution in [0.2, 0.25) is 0 Å². The summed E-state index contributed by atoms with van der Waals surface area (Å²) in [5, 5.41) is 6.37. The van der Waals surface area contributed by atoms with E-state index in [1.54, 1.807) is 6.92 Å². The number of hydrogen-bond acceptors (Lipinski definition) is 5. The van der Waals surface area contributed by atoms with E-state index < -0.39 is 5.41 Å². The second-order valence-electron chi connectivity index (χ2n) is 4.04. The summed E-state index contributed by atoms with van der Waals surface area (Å²) in [6.45, 7) is 6.06. The molecule has 1 aromatic heterocycles. The first-order chi connectivity index (χ1) is 7.51. The highest BCUT2D eigenvalue weighted by Gasteiger charge is 2.29. The fourth-order valence-corrected chi connectivity index (χ4v) is 1.18. The van der Waals surface area contributed by atoms with Crippen LogP contribution >= 0.6 is 0 Å². The Labute approximate surface area is 94.6 Å². The van der Waals surface area contributed by atoms with Crippen LogP contribution in [0.4, 0.5) is 0 Å². The molecule has 16 heavy (non-hydrogen) atoms. The Morgan fingerprint density at radius 1 is 1.62 bits per heavy atom. The van der Waals surface area contributed by atoms with Crippen molar-refractivity contribution in [2.45, 2.75) is 33.7 Å². The van der Waals surface area contributed by atoms with Crippen LogP contribution < -0.4 is 11.1 Å². The summed E-state index contributed by atoms with van der Waals surface area (Å²) in [6, 6.07) is 0. The van der Waals surface area contributed by atoms with Crippen molar-refractivity contribution in [2.24, 2.45) is 11.1 Å². The molecule has 0 aliphatic carbocycles. The lowest BCUT2D eigenvalue weighted by Gasteiger charge is -2.24. The molecular weight excluding hydrogens is 208 g/mol. The monoisotopic (exact) mass is 226 g/mol. The van der Waals surface area contributed by atoms with E-state index in [1.807, 2.05) is 13.8 Å². The standard InChI is InChI=1S/C10H18N4O2/c1-4-10(3,6-11)9(15)12-5-8-13-7(2)14-16-8/h4-6,11H2,1-3H3,(H,12,15). The molecule has 0 bridgehead atoms. The largest absolute Gasteiger partial charge is 0.347 e. The summed E-state index contributed by atoms with van der Waals surface area (Å²) < 4.78 is 4.89. The SMILES string of the molecule is CCC(C)(CN)C(=O)NCc1nc(C)no1. The van der Waals surface area contributed by atoms with Gasteiger partial charge in [-0.25, -0.2) is 0 Å². The van der Waals surface area contributed by atoms with Crippen LogP contribution in [0, 0.1) is 12.3 Å². The van der Waals surface area contributed by atoms with Gasteiger partial charge in [-0.2, -0.15) is 4.98 Å². The van der Waals surface area contributed by atoms with Gasteiger partial charge in [-0.1, -0.05) is 12.1 Å². The van der Waals surface area contributed by atoms with Crippen LogP contribution in [0.15, 0.2) is 4.52 Å². The number of aryl methyl sites for hydroxylation is 1. The molecule has 1 amide bonds. The Hall–Kier alpha value is -1.43. The van der Waals surface area contributed by atoms with E-state index >= 15 is 0 Å². The van der Waals surface area contributed by atoms with Crippen LogP contribution in [0.25, 0.3) is 0 Å². The van der Waals surface area contributed by atoms with Crippen molar-refractivity contribution in [1.82, 2.24) is 15.5 Å². The summed E-state index contributed by atoms with van der Waals surface area (Å²) in [7, 11) is 0. The van der Waals surface area contributed by atoms with Crippen LogP contribution in [0.5, 0.6) is 0 Å². The number of amides is 1. The van der Waals surface area contributed by atoms with E-state index in [-0.39, 0.29) is 12.5 Å². The maximum Gasteiger partial charge on any atom is 0.246 e. The molecule has 1 unspecified atom stereocenters. The molecule has 6 heteroatoms. The summed E-state index contributed by atoms with van der Waals surface area (Å²) in [6.07, 6.45) is 0.693. The van der Waals surface area contributed by atoms with Gasteiger partial charge in [-0.3, -0.25) is 4.79 Å². The van der Waals surface area contributed by atoms with Crippen molar-refractivity contribution in [3.05, 3.63) is 11.7 Å². The maximum atomic E-state index is 11.8. The highest BCUT2D eigenvalue weighted by atomic mass is 16.5. The molecule has 1 atom stereocenters. The average molecular weight is 226 g/mol. The van der Waals surface area contributed by atoms with Gasteiger partial charge in [0.1, 0.15) is 0 Å². The van der Waals surface area contributed by atoms with Crippen LogP contribution in [-0.2, 0) is 11.3 Å². The molecular formula is C10H18N4O2. The molecule has 0 aliphatic rings. The van der Waals surface area contributed by atoms with Gasteiger partial charge < -0.3 is 15.6 Å². The van der Waals surface area contributed by atoms with Crippen LogP contribution in [0.1, 0.15) is 32.0 Å². The number of nitrogens with zero attached hydrogens (tertiary/aromatic N) is 2. The van der Waals surface area contributed by atoms with Crippen molar-refractivity contribution in [3.8, 4) is 0 Å². The smallest absolute Gasteiger partial charge is 0.246 e. The highest BCUT2D eigenvalue weighted by molar-refractivity contribution is 5.82. The molecule has 1 rings (SSSR count). The molecule has 0 fully saturated rings. The first-order valence-electron chi connectivity index (χ1n) is 5.29. The number of carbonyl (C=O) groups is 1. The normalized spacial score (nSPS) is 14.5. The van der Waals surface area contributed by atoms with Crippen molar-refractivity contribution in [1.29, 1.82) is 0 Å². The van der Waals surface area contributed by atoms with Gasteiger partial charge in [0.25, 0.3) is 0 Å². The van der Waals surface area contributed by atoms with Gasteiger partial charge in [-0.05, 0) is 20.3 Å². The zero-order valence-electron chi connectivity index (χ0n) is 9.91. The number of aromatic nitrogens is 2. The van der Waals surface area contributed by atoms with E-state index in [0.29, 0.717) is 24.7 Å². The quantitative estimate of drug-likeness (QED) is 0.756. The third-order valence-electron chi connectivity index (χ3n) is 2.75. The highest BCUT2D eigenvalue weighted by Crippen LogP contribution is 2.19. The zero-order chi connectivity index (χ0) is 12.2. The summed E-state index contributed by atoms with van der Waals surface area (Å²) in [5.41, 5.74) is 5.05. The van der Waals surface area contributed by atoms with Crippen LogP contribution in [-0.4, -0.2) is 22.6 Å². The molecule has 0 aromatic carbocycles. The Morgan fingerprint density at radius 2 is 2.31 bits per heavy atom. The summed E-state index contributed by atoms with van der Waals surface area (Å²) in [4.78, 5) is 15.8. The van der Waals surface area contributed by atoms with E-state index in [2.05, 4.69) is 15.5 Å².